The molecule has 0 spiro atoms. The van der Waals surface area contributed by atoms with Crippen LogP contribution in [0.25, 0.3) is 5.57 Å². The number of allylic oxidation sites excluding steroid dienone is 4. The van der Waals surface area contributed by atoms with E-state index < -0.39 is 0 Å². The molecule has 0 unspecified atom stereocenters. The minimum Gasteiger partial charge on any atom is -0.370 e. The zero-order valence-corrected chi connectivity index (χ0v) is 9.21. The van der Waals surface area contributed by atoms with Crippen molar-refractivity contribution in [3.8, 4) is 0 Å². The van der Waals surface area contributed by atoms with Gasteiger partial charge in [-0.2, -0.15) is 0 Å². The average Bonchev–Trinajstić information content (AvgIpc) is 2.65. The zero-order valence-electron chi connectivity index (χ0n) is 7.63. The second-order valence-corrected chi connectivity index (χ2v) is 4.35. The van der Waals surface area contributed by atoms with Crippen molar-refractivity contribution in [2.45, 2.75) is 19.5 Å². The molecule has 2 aliphatic rings. The molecule has 2 heterocycles. The van der Waals surface area contributed by atoms with Gasteiger partial charge in [0.05, 0.1) is 12.2 Å². The van der Waals surface area contributed by atoms with Crippen LogP contribution in [0.3, 0.4) is 0 Å². The predicted molar refractivity (Wildman–Crippen MR) is 58.5 cm³/mol. The van der Waals surface area contributed by atoms with E-state index in [4.69, 9.17) is 0 Å². The number of halogens is 1. The molecule has 1 N–H and O–H groups in total. The molecule has 0 atom stereocenters. The summed E-state index contributed by atoms with van der Waals surface area (Å²) in [5.74, 6) is 1.07. The van der Waals surface area contributed by atoms with E-state index in [2.05, 4.69) is 36.9 Å². The van der Waals surface area contributed by atoms with Crippen LogP contribution >= 0.6 is 15.9 Å². The second-order valence-electron chi connectivity index (χ2n) is 3.50. The van der Waals surface area contributed by atoms with E-state index in [-0.39, 0.29) is 0 Å². The van der Waals surface area contributed by atoms with Gasteiger partial charge in [-0.1, -0.05) is 22.0 Å². The lowest BCUT2D eigenvalue weighted by Crippen LogP contribution is -2.26. The van der Waals surface area contributed by atoms with Crippen molar-refractivity contribution in [3.63, 3.8) is 0 Å². The highest BCUT2D eigenvalue weighted by atomic mass is 79.9. The molecule has 0 bridgehead atoms. The monoisotopic (exact) mass is 251 g/mol. The molecule has 0 saturated carbocycles. The van der Waals surface area contributed by atoms with Crippen LogP contribution in [0.5, 0.6) is 0 Å². The predicted octanol–water partition coefficient (Wildman–Crippen LogP) is 2.23. The first kappa shape index (κ1) is 8.29. The molecule has 1 aliphatic carbocycles. The summed E-state index contributed by atoms with van der Waals surface area (Å²) < 4.78 is 3.29. The van der Waals surface area contributed by atoms with Gasteiger partial charge in [0, 0.05) is 22.6 Å². The maximum absolute atomic E-state index is 4.39. The molecule has 0 fully saturated rings. The summed E-state index contributed by atoms with van der Waals surface area (Å²) >= 11 is 3.59. The largest absolute Gasteiger partial charge is 0.370 e. The summed E-state index contributed by atoms with van der Waals surface area (Å²) in [7, 11) is 0. The zero-order chi connectivity index (χ0) is 9.54. The summed E-state index contributed by atoms with van der Waals surface area (Å²) in [5, 5.41) is 3.43. The van der Waals surface area contributed by atoms with E-state index in [0.29, 0.717) is 0 Å². The fourth-order valence-electron chi connectivity index (χ4n) is 1.98. The topological polar surface area (TPSA) is 29.9 Å². The van der Waals surface area contributed by atoms with Crippen molar-refractivity contribution in [1.82, 2.24) is 14.9 Å². The van der Waals surface area contributed by atoms with Crippen molar-refractivity contribution in [1.29, 1.82) is 0 Å². The van der Waals surface area contributed by atoms with E-state index in [9.17, 15) is 0 Å². The van der Waals surface area contributed by atoms with Crippen molar-refractivity contribution in [2.24, 2.45) is 0 Å². The van der Waals surface area contributed by atoms with E-state index in [1.807, 2.05) is 12.4 Å². The van der Waals surface area contributed by atoms with Crippen LogP contribution in [-0.2, 0) is 6.67 Å². The molecular formula is C10H10BrN3. The summed E-state index contributed by atoms with van der Waals surface area (Å²) in [6, 6.07) is 0. The molecule has 3 rings (SSSR count). The lowest BCUT2D eigenvalue weighted by molar-refractivity contribution is 0.575. The Kier molecular flexibility index (Phi) is 1.77. The normalized spacial score (nSPS) is 19.6. The molecule has 72 valence electrons. The SMILES string of the molecule is BrC1=CCCC2=C1c1nccn1CN2. The average molecular weight is 252 g/mol. The van der Waals surface area contributed by atoms with Gasteiger partial charge in [0.15, 0.2) is 0 Å². The number of rotatable bonds is 0. The van der Waals surface area contributed by atoms with E-state index in [1.165, 1.54) is 15.8 Å². The van der Waals surface area contributed by atoms with E-state index in [1.54, 1.807) is 0 Å². The third-order valence-electron chi connectivity index (χ3n) is 2.66. The molecule has 1 aromatic heterocycles. The van der Waals surface area contributed by atoms with E-state index >= 15 is 0 Å². The van der Waals surface area contributed by atoms with Gasteiger partial charge in [-0.3, -0.25) is 0 Å². The first-order valence-corrected chi connectivity index (χ1v) is 5.50. The van der Waals surface area contributed by atoms with Crippen LogP contribution in [0, 0.1) is 0 Å². The first-order valence-electron chi connectivity index (χ1n) is 4.71. The van der Waals surface area contributed by atoms with Gasteiger partial charge in [-0.05, 0) is 12.8 Å². The lowest BCUT2D eigenvalue weighted by Gasteiger charge is -2.26. The van der Waals surface area contributed by atoms with E-state index in [0.717, 1.165) is 25.3 Å². The quantitative estimate of drug-likeness (QED) is 0.767. The highest BCUT2D eigenvalue weighted by Gasteiger charge is 2.23. The number of nitrogens with zero attached hydrogens (tertiary/aromatic N) is 2. The molecule has 1 aromatic rings. The van der Waals surface area contributed by atoms with Crippen LogP contribution in [0.1, 0.15) is 18.7 Å². The maximum Gasteiger partial charge on any atom is 0.144 e. The fourth-order valence-corrected chi connectivity index (χ4v) is 2.62. The minimum atomic E-state index is 0.842. The van der Waals surface area contributed by atoms with Crippen LogP contribution in [0.4, 0.5) is 0 Å². The minimum absolute atomic E-state index is 0.842. The fraction of sp³-hybridized carbons (Fsp3) is 0.300. The van der Waals surface area contributed by atoms with Crippen molar-refractivity contribution < 1.29 is 0 Å². The Bertz CT molecular complexity index is 442. The molecule has 4 heteroatoms. The first-order chi connectivity index (χ1) is 6.86. The van der Waals surface area contributed by atoms with Crippen LogP contribution in [0.15, 0.2) is 28.6 Å². The Morgan fingerprint density at radius 2 is 2.43 bits per heavy atom. The van der Waals surface area contributed by atoms with Gasteiger partial charge >= 0.3 is 0 Å². The number of hydrogen-bond donors (Lipinski definition) is 1. The number of nitrogens with one attached hydrogen (secondary N) is 1. The Morgan fingerprint density at radius 3 is 3.36 bits per heavy atom. The number of aromatic nitrogens is 2. The van der Waals surface area contributed by atoms with Crippen LogP contribution < -0.4 is 5.32 Å². The van der Waals surface area contributed by atoms with Crippen LogP contribution in [-0.4, -0.2) is 9.55 Å². The highest BCUT2D eigenvalue weighted by molar-refractivity contribution is 9.12. The van der Waals surface area contributed by atoms with Gasteiger partial charge in [-0.25, -0.2) is 4.98 Å². The highest BCUT2D eigenvalue weighted by Crippen LogP contribution is 2.36. The van der Waals surface area contributed by atoms with Gasteiger partial charge in [0.2, 0.25) is 0 Å². The molecule has 0 radical (unpaired) electrons. The summed E-state index contributed by atoms with van der Waals surface area (Å²) in [4.78, 5) is 4.39. The van der Waals surface area contributed by atoms with Gasteiger partial charge in [0.1, 0.15) is 5.82 Å². The molecule has 3 nitrogen and oxygen atoms in total. The Balaban J connectivity index is 2.20. The lowest BCUT2D eigenvalue weighted by atomic mass is 10.0. The third-order valence-corrected chi connectivity index (χ3v) is 3.38. The smallest absolute Gasteiger partial charge is 0.144 e. The maximum atomic E-state index is 4.39. The summed E-state index contributed by atoms with van der Waals surface area (Å²) in [6.45, 7) is 0.842. The second kappa shape index (κ2) is 2.98. The van der Waals surface area contributed by atoms with Crippen molar-refractivity contribution in [2.75, 3.05) is 0 Å². The number of fused-ring (bicyclic) bond motifs is 2. The Labute approximate surface area is 90.7 Å². The molecule has 0 aromatic carbocycles. The number of imidazole rings is 1. The molecule has 0 amide bonds. The molecular weight excluding hydrogens is 242 g/mol. The molecule has 14 heavy (non-hydrogen) atoms. The third kappa shape index (κ3) is 1.07. The van der Waals surface area contributed by atoms with Gasteiger partial charge in [-0.15, -0.1) is 0 Å². The standard InChI is InChI=1S/C10H10BrN3/c11-7-2-1-3-8-9(7)10-12-4-5-14(10)6-13-8/h2,4-5,13H,1,3,6H2. The van der Waals surface area contributed by atoms with Gasteiger partial charge < -0.3 is 9.88 Å². The summed E-state index contributed by atoms with van der Waals surface area (Å²) in [5.41, 5.74) is 2.55. The van der Waals surface area contributed by atoms with Crippen molar-refractivity contribution in [3.05, 3.63) is 34.5 Å². The molecule has 0 saturated heterocycles. The number of hydrogen-bond acceptors (Lipinski definition) is 2. The molecule has 1 aliphatic heterocycles. The van der Waals surface area contributed by atoms with Gasteiger partial charge in [0.25, 0.3) is 0 Å². The Hall–Kier alpha value is -1.03. The van der Waals surface area contributed by atoms with Crippen molar-refractivity contribution >= 4 is 21.5 Å². The Morgan fingerprint density at radius 1 is 1.50 bits per heavy atom. The summed E-state index contributed by atoms with van der Waals surface area (Å²) in [6.07, 6.45) is 8.26. The van der Waals surface area contributed by atoms with Crippen LogP contribution in [0.2, 0.25) is 0 Å².